The highest BCUT2D eigenvalue weighted by Crippen LogP contribution is 2.37. The first-order valence-corrected chi connectivity index (χ1v) is 9.22. The third-order valence-corrected chi connectivity index (χ3v) is 5.53. The topological polar surface area (TPSA) is 70.8 Å². The number of amides is 1. The van der Waals surface area contributed by atoms with Gasteiger partial charge in [0.2, 0.25) is 5.91 Å². The van der Waals surface area contributed by atoms with Crippen molar-refractivity contribution >= 4 is 11.9 Å². The first-order valence-electron chi connectivity index (χ1n) is 9.22. The van der Waals surface area contributed by atoms with E-state index in [0.29, 0.717) is 19.3 Å². The first kappa shape index (κ1) is 17.1. The summed E-state index contributed by atoms with van der Waals surface area (Å²) in [5, 5.41) is 9.19. The Hall–Kier alpha value is -1.78. The molecule has 1 saturated carbocycles. The molecule has 3 rings (SSSR count). The smallest absolute Gasteiger partial charge is 0.306 e. The van der Waals surface area contributed by atoms with Gasteiger partial charge >= 0.3 is 5.97 Å². The van der Waals surface area contributed by atoms with E-state index in [1.54, 1.807) is 0 Å². The Bertz CT molecular complexity index is 594. The van der Waals surface area contributed by atoms with Gasteiger partial charge in [-0.3, -0.25) is 9.59 Å². The van der Waals surface area contributed by atoms with E-state index in [9.17, 15) is 14.7 Å². The van der Waals surface area contributed by atoms with Crippen LogP contribution in [0, 0.1) is 11.8 Å². The van der Waals surface area contributed by atoms with Gasteiger partial charge in [0, 0.05) is 18.9 Å². The van der Waals surface area contributed by atoms with Gasteiger partial charge in [0.15, 0.2) is 0 Å². The van der Waals surface area contributed by atoms with Crippen molar-refractivity contribution in [1.29, 1.82) is 0 Å². The summed E-state index contributed by atoms with van der Waals surface area (Å²) in [6, 6.07) is 4.01. The molecule has 1 aliphatic carbocycles. The van der Waals surface area contributed by atoms with E-state index in [1.165, 1.54) is 0 Å². The number of furan rings is 1. The van der Waals surface area contributed by atoms with Gasteiger partial charge in [-0.15, -0.1) is 0 Å². The van der Waals surface area contributed by atoms with Crippen LogP contribution in [-0.4, -0.2) is 28.4 Å². The zero-order valence-electron chi connectivity index (χ0n) is 14.4. The summed E-state index contributed by atoms with van der Waals surface area (Å²) in [7, 11) is 0. The highest BCUT2D eigenvalue weighted by atomic mass is 16.4. The maximum atomic E-state index is 13.1. The number of rotatable bonds is 4. The van der Waals surface area contributed by atoms with Gasteiger partial charge in [-0.05, 0) is 44.2 Å². The van der Waals surface area contributed by atoms with Crippen LogP contribution in [0.2, 0.25) is 0 Å². The Morgan fingerprint density at radius 2 is 1.96 bits per heavy atom. The summed E-state index contributed by atoms with van der Waals surface area (Å²) in [6.07, 6.45) is 6.81. The van der Waals surface area contributed by atoms with E-state index in [4.69, 9.17) is 4.42 Å². The monoisotopic (exact) mass is 333 g/mol. The molecule has 0 spiro atoms. The number of hydrogen-bond donors (Lipinski definition) is 1. The molecule has 3 atom stereocenters. The third-order valence-electron chi connectivity index (χ3n) is 5.53. The molecule has 1 amide bonds. The van der Waals surface area contributed by atoms with Gasteiger partial charge < -0.3 is 14.4 Å². The van der Waals surface area contributed by atoms with E-state index >= 15 is 0 Å². The maximum absolute atomic E-state index is 13.1. The molecule has 132 valence electrons. The molecule has 2 heterocycles. The number of carboxylic acids is 1. The SMILES string of the molecule is CCc1ccc(C2CCCCCN2C(=O)[C@@H]2CC[C@H](C(=O)O)C2)o1. The zero-order chi connectivity index (χ0) is 17.1. The van der Waals surface area contributed by atoms with Gasteiger partial charge in [-0.25, -0.2) is 0 Å². The molecule has 24 heavy (non-hydrogen) atoms. The minimum Gasteiger partial charge on any atom is -0.481 e. The number of carbonyl (C=O) groups excluding carboxylic acids is 1. The fourth-order valence-corrected chi connectivity index (χ4v) is 4.10. The molecule has 1 aromatic rings. The third kappa shape index (κ3) is 3.50. The Morgan fingerprint density at radius 3 is 2.62 bits per heavy atom. The number of aryl methyl sites for hydroxylation is 1. The molecule has 2 fully saturated rings. The minimum atomic E-state index is -0.767. The van der Waals surface area contributed by atoms with Gasteiger partial charge in [0.1, 0.15) is 11.5 Å². The van der Waals surface area contributed by atoms with Crippen LogP contribution in [0.1, 0.15) is 69.4 Å². The van der Waals surface area contributed by atoms with Crippen LogP contribution in [0.4, 0.5) is 0 Å². The van der Waals surface area contributed by atoms with Gasteiger partial charge in [0.25, 0.3) is 0 Å². The lowest BCUT2D eigenvalue weighted by atomic mass is 10.0. The van der Waals surface area contributed by atoms with Crippen LogP contribution >= 0.6 is 0 Å². The van der Waals surface area contributed by atoms with Crippen LogP contribution in [0.3, 0.4) is 0 Å². The zero-order valence-corrected chi connectivity index (χ0v) is 14.4. The van der Waals surface area contributed by atoms with Gasteiger partial charge in [-0.1, -0.05) is 19.8 Å². The van der Waals surface area contributed by atoms with Crippen LogP contribution in [0.5, 0.6) is 0 Å². The number of likely N-dealkylation sites (tertiary alicyclic amines) is 1. The van der Waals surface area contributed by atoms with E-state index in [-0.39, 0.29) is 23.8 Å². The summed E-state index contributed by atoms with van der Waals surface area (Å²) in [5.41, 5.74) is 0. The van der Waals surface area contributed by atoms with Crippen molar-refractivity contribution in [3.63, 3.8) is 0 Å². The lowest BCUT2D eigenvalue weighted by Gasteiger charge is -2.31. The molecular formula is C19H27NO4. The quantitative estimate of drug-likeness (QED) is 0.910. The second-order valence-corrected chi connectivity index (χ2v) is 7.10. The van der Waals surface area contributed by atoms with Crippen LogP contribution < -0.4 is 0 Å². The number of hydrogen-bond acceptors (Lipinski definition) is 3. The highest BCUT2D eigenvalue weighted by Gasteiger charge is 2.38. The van der Waals surface area contributed by atoms with Crippen molar-refractivity contribution in [2.75, 3.05) is 6.54 Å². The van der Waals surface area contributed by atoms with Crippen molar-refractivity contribution in [2.45, 2.75) is 64.3 Å². The average molecular weight is 333 g/mol. The molecule has 0 radical (unpaired) electrons. The molecule has 1 aromatic heterocycles. The lowest BCUT2D eigenvalue weighted by molar-refractivity contribution is -0.142. The normalized spacial score (nSPS) is 27.9. The highest BCUT2D eigenvalue weighted by molar-refractivity contribution is 5.81. The average Bonchev–Trinajstić information content (AvgIpc) is 3.19. The van der Waals surface area contributed by atoms with E-state index in [0.717, 1.165) is 50.2 Å². The van der Waals surface area contributed by atoms with Crippen molar-refractivity contribution in [3.8, 4) is 0 Å². The fraction of sp³-hybridized carbons (Fsp3) is 0.684. The largest absolute Gasteiger partial charge is 0.481 e. The predicted molar refractivity (Wildman–Crippen MR) is 89.5 cm³/mol. The van der Waals surface area contributed by atoms with E-state index in [1.807, 2.05) is 17.0 Å². The Balaban J connectivity index is 1.77. The number of carboxylic acid groups (broad SMARTS) is 1. The Kier molecular flexibility index (Phi) is 5.27. The summed E-state index contributed by atoms with van der Waals surface area (Å²) in [5.74, 6) is 0.687. The molecule has 0 bridgehead atoms. The molecule has 1 aliphatic heterocycles. The van der Waals surface area contributed by atoms with Crippen molar-refractivity contribution in [1.82, 2.24) is 4.90 Å². The molecule has 0 aromatic carbocycles. The molecular weight excluding hydrogens is 306 g/mol. The molecule has 5 nitrogen and oxygen atoms in total. The van der Waals surface area contributed by atoms with Gasteiger partial charge in [-0.2, -0.15) is 0 Å². The second-order valence-electron chi connectivity index (χ2n) is 7.10. The minimum absolute atomic E-state index is 0.00387. The van der Waals surface area contributed by atoms with Crippen molar-refractivity contribution < 1.29 is 19.1 Å². The van der Waals surface area contributed by atoms with E-state index < -0.39 is 5.97 Å². The lowest BCUT2D eigenvalue weighted by Crippen LogP contribution is -2.38. The summed E-state index contributed by atoms with van der Waals surface area (Å²) >= 11 is 0. The molecule has 2 aliphatic rings. The Morgan fingerprint density at radius 1 is 1.17 bits per heavy atom. The maximum Gasteiger partial charge on any atom is 0.306 e. The standard InChI is InChI=1S/C19H27NO4/c1-2-15-9-10-17(24-15)16-6-4-3-5-11-20(16)18(21)13-7-8-14(12-13)19(22)23/h9-10,13-14,16H,2-8,11-12H2,1H3,(H,22,23)/t13-,14+,16?/m1/s1. The van der Waals surface area contributed by atoms with Gasteiger partial charge in [0.05, 0.1) is 12.0 Å². The Labute approximate surface area is 143 Å². The van der Waals surface area contributed by atoms with E-state index in [2.05, 4.69) is 6.92 Å². The van der Waals surface area contributed by atoms with Crippen molar-refractivity contribution in [3.05, 3.63) is 23.7 Å². The fourth-order valence-electron chi connectivity index (χ4n) is 4.10. The van der Waals surface area contributed by atoms with Crippen LogP contribution in [0.25, 0.3) is 0 Å². The second kappa shape index (κ2) is 7.41. The number of carbonyl (C=O) groups is 2. The number of nitrogens with zero attached hydrogens (tertiary/aromatic N) is 1. The van der Waals surface area contributed by atoms with Crippen LogP contribution in [0.15, 0.2) is 16.5 Å². The molecule has 1 N–H and O–H groups in total. The first-order chi connectivity index (χ1) is 11.6. The molecule has 1 unspecified atom stereocenters. The number of aliphatic carboxylic acids is 1. The molecule has 5 heteroatoms. The van der Waals surface area contributed by atoms with Crippen LogP contribution in [-0.2, 0) is 16.0 Å². The van der Waals surface area contributed by atoms with Crippen molar-refractivity contribution in [2.24, 2.45) is 11.8 Å². The summed E-state index contributed by atoms with van der Waals surface area (Å²) < 4.78 is 5.94. The molecule has 1 saturated heterocycles. The summed E-state index contributed by atoms with van der Waals surface area (Å²) in [6.45, 7) is 2.81. The summed E-state index contributed by atoms with van der Waals surface area (Å²) in [4.78, 5) is 26.2. The predicted octanol–water partition coefficient (Wildman–Crippen LogP) is 3.79.